The number of esters is 1. The lowest BCUT2D eigenvalue weighted by molar-refractivity contribution is -0.275. The second kappa shape index (κ2) is 6.59. The van der Waals surface area contributed by atoms with Crippen molar-refractivity contribution in [1.82, 2.24) is 4.98 Å². The molecule has 0 aromatic carbocycles. The van der Waals surface area contributed by atoms with Crippen LogP contribution in [0, 0.1) is 0 Å². The molecule has 22 heavy (non-hydrogen) atoms. The minimum atomic E-state index is -5.31. The summed E-state index contributed by atoms with van der Waals surface area (Å²) in [7, 11) is 0. The Morgan fingerprint density at radius 2 is 1.86 bits per heavy atom. The maximum atomic E-state index is 12.8. The average Bonchev–Trinajstić information content (AvgIpc) is 2.35. The Labute approximate surface area is 125 Å². The minimum absolute atomic E-state index is 0.0183. The molecule has 0 atom stereocenters. The summed E-state index contributed by atoms with van der Waals surface area (Å²) in [4.78, 5) is 14.7. The van der Waals surface area contributed by atoms with E-state index in [0.717, 1.165) is 0 Å². The van der Waals surface area contributed by atoms with E-state index in [9.17, 15) is 31.1 Å². The molecule has 0 saturated heterocycles. The van der Waals surface area contributed by atoms with Crippen LogP contribution in [0.15, 0.2) is 6.07 Å². The Bertz CT molecular complexity index is 558. The summed E-state index contributed by atoms with van der Waals surface area (Å²) >= 11 is 5.30. The van der Waals surface area contributed by atoms with Crippen LogP contribution in [0.5, 0.6) is 5.75 Å². The quantitative estimate of drug-likeness (QED) is 0.469. The molecule has 0 N–H and O–H groups in total. The molecule has 0 aliphatic rings. The number of hydrogen-bond acceptors (Lipinski definition) is 4. The SMILES string of the molecule is CCOC(=O)c1nc(CCl)c(C(F)(F)F)cc1OC(F)(F)F. The van der Waals surface area contributed by atoms with Crippen molar-refractivity contribution in [1.29, 1.82) is 0 Å². The van der Waals surface area contributed by atoms with Crippen LogP contribution in [-0.2, 0) is 16.8 Å². The summed E-state index contributed by atoms with van der Waals surface area (Å²) in [6, 6.07) is 0.0183. The zero-order valence-electron chi connectivity index (χ0n) is 10.8. The highest BCUT2D eigenvalue weighted by molar-refractivity contribution is 6.17. The average molecular weight is 352 g/mol. The first kappa shape index (κ1) is 18.3. The number of carbonyl (C=O) groups is 1. The van der Waals surface area contributed by atoms with Gasteiger partial charge in [-0.1, -0.05) is 0 Å². The summed E-state index contributed by atoms with van der Waals surface area (Å²) < 4.78 is 83.0. The van der Waals surface area contributed by atoms with Crippen molar-refractivity contribution in [3.63, 3.8) is 0 Å². The normalized spacial score (nSPS) is 12.2. The monoisotopic (exact) mass is 351 g/mol. The second-order valence-corrected chi connectivity index (χ2v) is 4.00. The van der Waals surface area contributed by atoms with Gasteiger partial charge < -0.3 is 9.47 Å². The molecule has 0 saturated carbocycles. The van der Waals surface area contributed by atoms with Crippen LogP contribution in [0.2, 0.25) is 0 Å². The molecule has 1 aromatic rings. The number of pyridine rings is 1. The maximum Gasteiger partial charge on any atom is 0.573 e. The minimum Gasteiger partial charge on any atom is -0.461 e. The van der Waals surface area contributed by atoms with Crippen LogP contribution < -0.4 is 4.74 Å². The van der Waals surface area contributed by atoms with Crippen LogP contribution in [0.3, 0.4) is 0 Å². The van der Waals surface area contributed by atoms with Crippen molar-refractivity contribution in [3.05, 3.63) is 23.0 Å². The van der Waals surface area contributed by atoms with Crippen LogP contribution in [0.4, 0.5) is 26.3 Å². The summed E-state index contributed by atoms with van der Waals surface area (Å²) in [6.45, 7) is 1.14. The van der Waals surface area contributed by atoms with E-state index in [1.807, 2.05) is 0 Å². The molecular formula is C11H8ClF6NO3. The number of nitrogens with zero attached hydrogens (tertiary/aromatic N) is 1. The van der Waals surface area contributed by atoms with Gasteiger partial charge in [0, 0.05) is 0 Å². The van der Waals surface area contributed by atoms with Crippen molar-refractivity contribution in [2.75, 3.05) is 6.61 Å². The Morgan fingerprint density at radius 3 is 2.27 bits per heavy atom. The van der Waals surface area contributed by atoms with Gasteiger partial charge in [-0.15, -0.1) is 24.8 Å². The predicted molar refractivity (Wildman–Crippen MR) is 61.4 cm³/mol. The molecule has 4 nitrogen and oxygen atoms in total. The summed E-state index contributed by atoms with van der Waals surface area (Å²) in [5, 5.41) is 0. The van der Waals surface area contributed by atoms with Crippen molar-refractivity contribution in [3.8, 4) is 5.75 Å². The molecule has 0 amide bonds. The second-order valence-electron chi connectivity index (χ2n) is 3.73. The van der Waals surface area contributed by atoms with Gasteiger partial charge in [-0.3, -0.25) is 0 Å². The molecule has 1 heterocycles. The van der Waals surface area contributed by atoms with Gasteiger partial charge in [0.2, 0.25) is 0 Å². The Morgan fingerprint density at radius 1 is 1.27 bits per heavy atom. The molecule has 1 aromatic heterocycles. The Kier molecular flexibility index (Phi) is 5.49. The first-order valence-corrected chi connectivity index (χ1v) is 6.13. The van der Waals surface area contributed by atoms with Crippen molar-refractivity contribution >= 4 is 17.6 Å². The van der Waals surface area contributed by atoms with Crippen LogP contribution in [0.1, 0.15) is 28.7 Å². The molecule has 0 aliphatic carbocycles. The van der Waals surface area contributed by atoms with Gasteiger partial charge in [0.1, 0.15) is 0 Å². The number of aromatic nitrogens is 1. The van der Waals surface area contributed by atoms with Gasteiger partial charge in [-0.2, -0.15) is 13.2 Å². The molecule has 0 spiro atoms. The molecule has 0 fully saturated rings. The van der Waals surface area contributed by atoms with Gasteiger partial charge in [-0.25, -0.2) is 9.78 Å². The number of carbonyl (C=O) groups excluding carboxylic acids is 1. The van der Waals surface area contributed by atoms with E-state index < -0.39 is 47.1 Å². The molecule has 124 valence electrons. The zero-order valence-corrected chi connectivity index (χ0v) is 11.6. The predicted octanol–water partition coefficient (Wildman–Crippen LogP) is 3.91. The summed E-state index contributed by atoms with van der Waals surface area (Å²) in [6.07, 6.45) is -10.3. The lowest BCUT2D eigenvalue weighted by atomic mass is 10.1. The van der Waals surface area contributed by atoms with Gasteiger partial charge in [-0.05, 0) is 13.0 Å². The number of hydrogen-bond donors (Lipinski definition) is 0. The number of ether oxygens (including phenoxy) is 2. The molecule has 0 bridgehead atoms. The molecular weight excluding hydrogens is 344 g/mol. The van der Waals surface area contributed by atoms with E-state index in [1.165, 1.54) is 6.92 Å². The molecule has 1 rings (SSSR count). The van der Waals surface area contributed by atoms with E-state index in [0.29, 0.717) is 0 Å². The van der Waals surface area contributed by atoms with Gasteiger partial charge in [0.25, 0.3) is 0 Å². The Balaban J connectivity index is 3.50. The molecule has 0 aliphatic heterocycles. The van der Waals surface area contributed by atoms with Gasteiger partial charge in [0.15, 0.2) is 11.4 Å². The highest BCUT2D eigenvalue weighted by Crippen LogP contribution is 2.37. The van der Waals surface area contributed by atoms with E-state index in [-0.39, 0.29) is 12.7 Å². The third-order valence-corrected chi connectivity index (χ3v) is 2.45. The number of halogens is 7. The van der Waals surface area contributed by atoms with E-state index >= 15 is 0 Å². The third kappa shape index (κ3) is 4.65. The van der Waals surface area contributed by atoms with Crippen molar-refractivity contribution in [2.45, 2.75) is 25.3 Å². The first-order chi connectivity index (χ1) is 9.99. The molecule has 0 radical (unpaired) electrons. The van der Waals surface area contributed by atoms with E-state index in [1.54, 1.807) is 0 Å². The standard InChI is InChI=1S/C11H8ClF6NO3/c1-2-21-9(20)8-7(22-11(16,17)18)3-5(10(13,14)15)6(4-12)19-8/h3H,2,4H2,1H3. The first-order valence-electron chi connectivity index (χ1n) is 5.59. The summed E-state index contributed by atoms with van der Waals surface area (Å²) in [5.74, 6) is -3.54. The Hall–Kier alpha value is -1.71. The highest BCUT2D eigenvalue weighted by Gasteiger charge is 2.39. The third-order valence-electron chi connectivity index (χ3n) is 2.19. The van der Waals surface area contributed by atoms with Gasteiger partial charge >= 0.3 is 18.5 Å². The maximum absolute atomic E-state index is 12.8. The smallest absolute Gasteiger partial charge is 0.461 e. The molecule has 0 unspecified atom stereocenters. The number of alkyl halides is 7. The lowest BCUT2D eigenvalue weighted by Gasteiger charge is -2.16. The fourth-order valence-electron chi connectivity index (χ4n) is 1.43. The van der Waals surface area contributed by atoms with Crippen LogP contribution in [0.25, 0.3) is 0 Å². The zero-order chi connectivity index (χ0) is 17.1. The lowest BCUT2D eigenvalue weighted by Crippen LogP contribution is -2.22. The topological polar surface area (TPSA) is 48.4 Å². The summed E-state index contributed by atoms with van der Waals surface area (Å²) in [5.41, 5.74) is -3.38. The fourth-order valence-corrected chi connectivity index (χ4v) is 1.63. The fraction of sp³-hybridized carbons (Fsp3) is 0.455. The van der Waals surface area contributed by atoms with Crippen LogP contribution >= 0.6 is 11.6 Å². The molecule has 11 heteroatoms. The largest absolute Gasteiger partial charge is 0.573 e. The van der Waals surface area contributed by atoms with Crippen molar-refractivity contribution in [2.24, 2.45) is 0 Å². The van der Waals surface area contributed by atoms with E-state index in [4.69, 9.17) is 11.6 Å². The number of rotatable bonds is 4. The highest BCUT2D eigenvalue weighted by atomic mass is 35.5. The van der Waals surface area contributed by atoms with Crippen LogP contribution in [-0.4, -0.2) is 23.9 Å². The van der Waals surface area contributed by atoms with Gasteiger partial charge in [0.05, 0.1) is 23.7 Å². The van der Waals surface area contributed by atoms with Crippen molar-refractivity contribution < 1.29 is 40.6 Å². The van der Waals surface area contributed by atoms with E-state index in [2.05, 4.69) is 14.5 Å².